The fourth-order valence-electron chi connectivity index (χ4n) is 2.50. The smallest absolute Gasteiger partial charge is 0.254 e. The van der Waals surface area contributed by atoms with Crippen LogP contribution in [0.25, 0.3) is 0 Å². The van der Waals surface area contributed by atoms with Crippen LogP contribution in [0.3, 0.4) is 0 Å². The molecule has 0 aromatic heterocycles. The van der Waals surface area contributed by atoms with Gasteiger partial charge in [0, 0.05) is 12.1 Å². The van der Waals surface area contributed by atoms with E-state index in [2.05, 4.69) is 0 Å². The number of hydrogen-bond acceptors (Lipinski definition) is 4. The molecule has 1 aliphatic rings. The molecule has 1 atom stereocenters. The van der Waals surface area contributed by atoms with E-state index in [4.69, 9.17) is 21.1 Å². The van der Waals surface area contributed by atoms with Crippen LogP contribution in [0.5, 0.6) is 11.5 Å². The van der Waals surface area contributed by atoms with Crippen molar-refractivity contribution in [2.24, 2.45) is 0 Å². The highest BCUT2D eigenvalue weighted by atomic mass is 35.5. The van der Waals surface area contributed by atoms with E-state index in [-0.39, 0.29) is 18.6 Å². The van der Waals surface area contributed by atoms with Gasteiger partial charge in [-0.15, -0.1) is 0 Å². The first kappa shape index (κ1) is 14.9. The minimum atomic E-state index is -0.149. The number of amides is 1. The van der Waals surface area contributed by atoms with Crippen molar-refractivity contribution in [2.45, 2.75) is 18.9 Å². The minimum absolute atomic E-state index is 0.0211. The Balaban J connectivity index is 2.33. The quantitative estimate of drug-likeness (QED) is 0.923. The molecule has 110 valence electrons. The van der Waals surface area contributed by atoms with E-state index in [1.165, 1.54) is 14.2 Å². The van der Waals surface area contributed by atoms with Gasteiger partial charge in [0.15, 0.2) is 11.5 Å². The largest absolute Gasteiger partial charge is 0.493 e. The van der Waals surface area contributed by atoms with Crippen molar-refractivity contribution in [1.82, 2.24) is 4.90 Å². The number of halogens is 1. The van der Waals surface area contributed by atoms with Gasteiger partial charge in [0.1, 0.15) is 0 Å². The van der Waals surface area contributed by atoms with Gasteiger partial charge in [-0.3, -0.25) is 4.79 Å². The molecule has 5 nitrogen and oxygen atoms in total. The molecule has 0 bridgehead atoms. The van der Waals surface area contributed by atoms with Crippen LogP contribution in [0.15, 0.2) is 12.1 Å². The molecule has 1 N–H and O–H groups in total. The fraction of sp³-hybridized carbons (Fsp3) is 0.500. The predicted octanol–water partition coefficient (Wildman–Crippen LogP) is 1.95. The molecule has 0 radical (unpaired) electrons. The zero-order valence-electron chi connectivity index (χ0n) is 11.6. The number of ether oxygens (including phenoxy) is 2. The van der Waals surface area contributed by atoms with E-state index < -0.39 is 0 Å². The van der Waals surface area contributed by atoms with E-state index in [1.54, 1.807) is 17.0 Å². The highest BCUT2D eigenvalue weighted by Crippen LogP contribution is 2.36. The second-order valence-corrected chi connectivity index (χ2v) is 5.08. The molecule has 2 rings (SSSR count). The van der Waals surface area contributed by atoms with Crippen molar-refractivity contribution in [3.05, 3.63) is 22.7 Å². The molecule has 1 saturated heterocycles. The Bertz CT molecular complexity index is 506. The average Bonchev–Trinajstić information content (AvgIpc) is 2.93. The Labute approximate surface area is 123 Å². The number of benzene rings is 1. The molecule has 1 unspecified atom stereocenters. The van der Waals surface area contributed by atoms with Crippen LogP contribution in [0.1, 0.15) is 23.2 Å². The maximum Gasteiger partial charge on any atom is 0.254 e. The maximum atomic E-state index is 12.5. The summed E-state index contributed by atoms with van der Waals surface area (Å²) in [6.45, 7) is 0.628. The highest BCUT2D eigenvalue weighted by molar-refractivity contribution is 6.32. The third-order valence-electron chi connectivity index (χ3n) is 3.53. The van der Waals surface area contributed by atoms with Crippen LogP contribution >= 0.6 is 11.6 Å². The minimum Gasteiger partial charge on any atom is -0.493 e. The normalized spacial score (nSPS) is 18.2. The average molecular weight is 300 g/mol. The molecule has 1 aromatic carbocycles. The summed E-state index contributed by atoms with van der Waals surface area (Å²) < 4.78 is 10.3. The zero-order valence-corrected chi connectivity index (χ0v) is 12.3. The van der Waals surface area contributed by atoms with Crippen LogP contribution in [0.2, 0.25) is 5.02 Å². The molecule has 1 amide bonds. The van der Waals surface area contributed by atoms with Crippen molar-refractivity contribution in [3.63, 3.8) is 0 Å². The first-order chi connectivity index (χ1) is 9.62. The summed E-state index contributed by atoms with van der Waals surface area (Å²) >= 11 is 6.11. The zero-order chi connectivity index (χ0) is 14.7. The number of likely N-dealkylation sites (tertiary alicyclic amines) is 1. The van der Waals surface area contributed by atoms with Crippen molar-refractivity contribution in [1.29, 1.82) is 0 Å². The summed E-state index contributed by atoms with van der Waals surface area (Å²) in [6.07, 6.45) is 1.72. The Morgan fingerprint density at radius 1 is 1.45 bits per heavy atom. The second-order valence-electron chi connectivity index (χ2n) is 4.67. The predicted molar refractivity (Wildman–Crippen MR) is 75.7 cm³/mol. The molecule has 20 heavy (non-hydrogen) atoms. The lowest BCUT2D eigenvalue weighted by atomic mass is 10.1. The fourth-order valence-corrected chi connectivity index (χ4v) is 2.79. The molecule has 6 heteroatoms. The molecular formula is C14H18ClNO4. The monoisotopic (exact) mass is 299 g/mol. The van der Waals surface area contributed by atoms with Gasteiger partial charge >= 0.3 is 0 Å². The van der Waals surface area contributed by atoms with Gasteiger partial charge in [-0.05, 0) is 25.0 Å². The van der Waals surface area contributed by atoms with Crippen LogP contribution in [0.4, 0.5) is 0 Å². The first-order valence-electron chi connectivity index (χ1n) is 6.45. The Kier molecular flexibility index (Phi) is 4.73. The number of carbonyl (C=O) groups excluding carboxylic acids is 1. The molecule has 0 saturated carbocycles. The van der Waals surface area contributed by atoms with Gasteiger partial charge in [0.05, 0.1) is 31.9 Å². The molecular weight excluding hydrogens is 282 g/mol. The molecule has 1 aliphatic heterocycles. The summed E-state index contributed by atoms with van der Waals surface area (Å²) in [4.78, 5) is 14.2. The lowest BCUT2D eigenvalue weighted by Crippen LogP contribution is -2.37. The number of carbonyl (C=O) groups is 1. The van der Waals surface area contributed by atoms with Gasteiger partial charge in [0.25, 0.3) is 5.91 Å². The first-order valence-corrected chi connectivity index (χ1v) is 6.83. The molecule has 0 aliphatic carbocycles. The summed E-state index contributed by atoms with van der Waals surface area (Å²) in [6, 6.07) is 3.06. The van der Waals surface area contributed by atoms with Crippen LogP contribution < -0.4 is 9.47 Å². The number of methoxy groups -OCH3 is 2. The van der Waals surface area contributed by atoms with Gasteiger partial charge < -0.3 is 19.5 Å². The summed E-state index contributed by atoms with van der Waals surface area (Å²) in [5.41, 5.74) is 0.438. The lowest BCUT2D eigenvalue weighted by Gasteiger charge is -2.23. The third kappa shape index (κ3) is 2.69. The van der Waals surface area contributed by atoms with E-state index in [9.17, 15) is 9.90 Å². The Hall–Kier alpha value is -1.46. The van der Waals surface area contributed by atoms with Crippen molar-refractivity contribution < 1.29 is 19.4 Å². The molecule has 1 heterocycles. The van der Waals surface area contributed by atoms with Crippen molar-refractivity contribution in [2.75, 3.05) is 27.4 Å². The van der Waals surface area contributed by atoms with E-state index in [0.29, 0.717) is 28.6 Å². The summed E-state index contributed by atoms with van der Waals surface area (Å²) in [5.74, 6) is 0.679. The maximum absolute atomic E-state index is 12.5. The topological polar surface area (TPSA) is 59.0 Å². The summed E-state index contributed by atoms with van der Waals surface area (Å²) in [7, 11) is 2.99. The van der Waals surface area contributed by atoms with Crippen LogP contribution in [0, 0.1) is 0 Å². The van der Waals surface area contributed by atoms with E-state index in [1.807, 2.05) is 0 Å². The van der Waals surface area contributed by atoms with Crippen molar-refractivity contribution >= 4 is 17.5 Å². The van der Waals surface area contributed by atoms with Gasteiger partial charge in [-0.1, -0.05) is 11.6 Å². The Morgan fingerprint density at radius 3 is 2.80 bits per heavy atom. The second kappa shape index (κ2) is 6.33. The number of aliphatic hydroxyl groups excluding tert-OH is 1. The van der Waals surface area contributed by atoms with Gasteiger partial charge in [-0.2, -0.15) is 0 Å². The van der Waals surface area contributed by atoms with Crippen molar-refractivity contribution in [3.8, 4) is 11.5 Å². The number of nitrogens with zero attached hydrogens (tertiary/aromatic N) is 1. The molecule has 0 spiro atoms. The van der Waals surface area contributed by atoms with E-state index in [0.717, 1.165) is 12.8 Å². The van der Waals surface area contributed by atoms with Gasteiger partial charge in [-0.25, -0.2) is 0 Å². The number of hydrogen-bond donors (Lipinski definition) is 1. The number of aliphatic hydroxyl groups is 1. The number of rotatable bonds is 4. The summed E-state index contributed by atoms with van der Waals surface area (Å²) in [5, 5.41) is 9.63. The Morgan fingerprint density at radius 2 is 2.20 bits per heavy atom. The highest BCUT2D eigenvalue weighted by Gasteiger charge is 2.29. The molecule has 1 fully saturated rings. The molecule has 1 aromatic rings. The lowest BCUT2D eigenvalue weighted by molar-refractivity contribution is 0.0677. The third-order valence-corrected chi connectivity index (χ3v) is 3.81. The van der Waals surface area contributed by atoms with Gasteiger partial charge in [0.2, 0.25) is 0 Å². The standard InChI is InChI=1S/C14H18ClNO4/c1-19-12-7-9(6-11(15)13(12)20-2)14(18)16-5-3-4-10(16)8-17/h6-7,10,17H,3-5,8H2,1-2H3. The van der Waals surface area contributed by atoms with Crippen LogP contribution in [-0.2, 0) is 0 Å². The van der Waals surface area contributed by atoms with E-state index >= 15 is 0 Å². The SMILES string of the molecule is COc1cc(C(=O)N2CCCC2CO)cc(Cl)c1OC. The van der Waals surface area contributed by atoms with Crippen LogP contribution in [-0.4, -0.2) is 49.3 Å².